The zero-order valence-corrected chi connectivity index (χ0v) is 17.7. The van der Waals surface area contributed by atoms with E-state index in [2.05, 4.69) is 4.98 Å². The fourth-order valence-electron chi connectivity index (χ4n) is 3.10. The van der Waals surface area contributed by atoms with Crippen molar-refractivity contribution in [2.24, 2.45) is 0 Å². The summed E-state index contributed by atoms with van der Waals surface area (Å²) < 4.78 is 15.3. The molecule has 1 heterocycles. The van der Waals surface area contributed by atoms with Crippen LogP contribution >= 0.6 is 0 Å². The van der Waals surface area contributed by atoms with Crippen LogP contribution in [0.25, 0.3) is 0 Å². The predicted molar refractivity (Wildman–Crippen MR) is 108 cm³/mol. The molecule has 0 saturated carbocycles. The number of benzene rings is 1. The van der Waals surface area contributed by atoms with E-state index in [1.54, 1.807) is 39.0 Å². The van der Waals surface area contributed by atoms with Gasteiger partial charge in [-0.2, -0.15) is 0 Å². The number of methoxy groups -OCH3 is 1. The maximum atomic E-state index is 12.5. The molecule has 0 spiro atoms. The van der Waals surface area contributed by atoms with Crippen molar-refractivity contribution in [2.45, 2.75) is 34.1 Å². The molecule has 0 amide bonds. The second-order valence-corrected chi connectivity index (χ2v) is 6.69. The van der Waals surface area contributed by atoms with E-state index in [1.807, 2.05) is 0 Å². The van der Waals surface area contributed by atoms with Gasteiger partial charge in [0.25, 0.3) is 0 Å². The van der Waals surface area contributed by atoms with Crippen LogP contribution in [0, 0.1) is 13.8 Å². The summed E-state index contributed by atoms with van der Waals surface area (Å²) in [6, 6.07) is 4.78. The average Bonchev–Trinajstić information content (AvgIpc) is 3.00. The van der Waals surface area contributed by atoms with Crippen LogP contribution in [0.2, 0.25) is 0 Å². The summed E-state index contributed by atoms with van der Waals surface area (Å²) >= 11 is 0. The van der Waals surface area contributed by atoms with Gasteiger partial charge in [0.15, 0.2) is 12.4 Å². The Balaban J connectivity index is 2.08. The number of rotatable bonds is 9. The number of aromatic amines is 1. The van der Waals surface area contributed by atoms with Crippen molar-refractivity contribution in [2.75, 3.05) is 20.3 Å². The van der Waals surface area contributed by atoms with Gasteiger partial charge >= 0.3 is 11.9 Å². The maximum Gasteiger partial charge on any atom is 0.340 e. The van der Waals surface area contributed by atoms with Crippen LogP contribution in [0.15, 0.2) is 18.2 Å². The van der Waals surface area contributed by atoms with E-state index < -0.39 is 24.3 Å². The quantitative estimate of drug-likeness (QED) is 0.495. The number of ketones is 2. The third kappa shape index (κ3) is 5.14. The molecule has 1 aromatic heterocycles. The summed E-state index contributed by atoms with van der Waals surface area (Å²) in [5, 5.41) is 0. The number of hydrogen-bond acceptors (Lipinski definition) is 7. The SMILES string of the molecule is CCOC(=O)c1c(C)[nH]c(C(=O)COC(=O)Cc2cc(C(C)=O)ccc2OC)c1C. The van der Waals surface area contributed by atoms with Crippen LogP contribution in [0.4, 0.5) is 0 Å². The van der Waals surface area contributed by atoms with Gasteiger partial charge in [-0.3, -0.25) is 14.4 Å². The molecule has 0 fully saturated rings. The highest BCUT2D eigenvalue weighted by Gasteiger charge is 2.23. The second-order valence-electron chi connectivity index (χ2n) is 6.69. The van der Waals surface area contributed by atoms with Crippen molar-refractivity contribution in [3.63, 3.8) is 0 Å². The molecule has 0 saturated heterocycles. The number of H-pyrrole nitrogens is 1. The van der Waals surface area contributed by atoms with Crippen molar-refractivity contribution < 1.29 is 33.4 Å². The molecule has 0 radical (unpaired) electrons. The van der Waals surface area contributed by atoms with Crippen molar-refractivity contribution in [1.29, 1.82) is 0 Å². The number of carbonyl (C=O) groups excluding carboxylic acids is 4. The monoisotopic (exact) mass is 415 g/mol. The highest BCUT2D eigenvalue weighted by atomic mass is 16.5. The highest BCUT2D eigenvalue weighted by molar-refractivity contribution is 6.02. The van der Waals surface area contributed by atoms with Crippen molar-refractivity contribution >= 4 is 23.5 Å². The van der Waals surface area contributed by atoms with Crippen LogP contribution < -0.4 is 4.74 Å². The number of aromatic nitrogens is 1. The third-order valence-corrected chi connectivity index (χ3v) is 4.58. The molecule has 0 aliphatic carbocycles. The molecule has 160 valence electrons. The fraction of sp³-hybridized carbons (Fsp3) is 0.364. The smallest absolute Gasteiger partial charge is 0.340 e. The Morgan fingerprint density at radius 3 is 2.37 bits per heavy atom. The summed E-state index contributed by atoms with van der Waals surface area (Å²) in [4.78, 5) is 51.2. The molecular weight excluding hydrogens is 390 g/mol. The Morgan fingerprint density at radius 2 is 1.77 bits per heavy atom. The molecular formula is C22H25NO7. The number of ether oxygens (including phenoxy) is 3. The van der Waals surface area contributed by atoms with E-state index in [0.717, 1.165) is 0 Å². The van der Waals surface area contributed by atoms with E-state index in [1.165, 1.54) is 14.0 Å². The lowest BCUT2D eigenvalue weighted by atomic mass is 10.0. The topological polar surface area (TPSA) is 112 Å². The first kappa shape index (κ1) is 22.9. The van der Waals surface area contributed by atoms with Crippen LogP contribution in [0.3, 0.4) is 0 Å². The molecule has 8 heteroatoms. The summed E-state index contributed by atoms with van der Waals surface area (Å²) in [6.07, 6.45) is -0.158. The minimum atomic E-state index is -0.645. The number of nitrogens with one attached hydrogen (secondary N) is 1. The minimum absolute atomic E-state index is 0.141. The first-order valence-corrected chi connectivity index (χ1v) is 9.42. The first-order chi connectivity index (χ1) is 14.2. The Hall–Kier alpha value is -3.42. The zero-order chi connectivity index (χ0) is 22.4. The van der Waals surface area contributed by atoms with Crippen LogP contribution in [-0.2, 0) is 20.7 Å². The number of esters is 2. The number of Topliss-reactive ketones (excluding diaryl/α,β-unsaturated/α-hetero) is 2. The summed E-state index contributed by atoms with van der Waals surface area (Å²) in [7, 11) is 1.46. The maximum absolute atomic E-state index is 12.5. The van der Waals surface area contributed by atoms with Gasteiger partial charge in [0, 0.05) is 16.8 Å². The highest BCUT2D eigenvalue weighted by Crippen LogP contribution is 2.22. The Bertz CT molecular complexity index is 988. The van der Waals surface area contributed by atoms with Gasteiger partial charge in [-0.05, 0) is 51.5 Å². The number of aryl methyl sites for hydroxylation is 1. The molecule has 2 rings (SSSR count). The van der Waals surface area contributed by atoms with Crippen LogP contribution in [0.5, 0.6) is 5.75 Å². The molecule has 0 unspecified atom stereocenters. The number of carbonyl (C=O) groups is 4. The lowest BCUT2D eigenvalue weighted by molar-refractivity contribution is -0.141. The molecule has 0 aliphatic heterocycles. The fourth-order valence-corrected chi connectivity index (χ4v) is 3.10. The van der Waals surface area contributed by atoms with Crippen LogP contribution in [0.1, 0.15) is 61.9 Å². The summed E-state index contributed by atoms with van der Waals surface area (Å²) in [6.45, 7) is 6.14. The molecule has 30 heavy (non-hydrogen) atoms. The Labute approximate surface area is 174 Å². The standard InChI is InChI=1S/C22H25NO7/c1-6-29-22(27)20-12(2)21(23-13(20)3)17(25)11-30-19(26)10-16-9-15(14(4)24)7-8-18(16)28-5/h7-9,23H,6,10-11H2,1-5H3. The largest absolute Gasteiger partial charge is 0.496 e. The van der Waals surface area contributed by atoms with Gasteiger partial charge in [0.2, 0.25) is 5.78 Å². The van der Waals surface area contributed by atoms with Crippen molar-refractivity contribution in [1.82, 2.24) is 4.98 Å². The lowest BCUT2D eigenvalue weighted by Crippen LogP contribution is -2.17. The number of hydrogen-bond donors (Lipinski definition) is 1. The second kappa shape index (κ2) is 9.87. The van der Waals surface area contributed by atoms with Crippen LogP contribution in [-0.4, -0.2) is 48.8 Å². The molecule has 1 aromatic carbocycles. The van der Waals surface area contributed by atoms with E-state index in [9.17, 15) is 19.2 Å². The summed E-state index contributed by atoms with van der Waals surface area (Å²) in [5.74, 6) is -1.33. The molecule has 2 aromatic rings. The van der Waals surface area contributed by atoms with Gasteiger partial charge < -0.3 is 19.2 Å². The Kier molecular flexibility index (Phi) is 7.52. The molecule has 8 nitrogen and oxygen atoms in total. The van der Waals surface area contributed by atoms with Gasteiger partial charge in [-0.1, -0.05) is 0 Å². The van der Waals surface area contributed by atoms with Gasteiger partial charge in [0.05, 0.1) is 31.4 Å². The van der Waals surface area contributed by atoms with E-state index in [4.69, 9.17) is 14.2 Å². The van der Waals surface area contributed by atoms with E-state index in [-0.39, 0.29) is 24.5 Å². The van der Waals surface area contributed by atoms with E-state index in [0.29, 0.717) is 33.7 Å². The Morgan fingerprint density at radius 1 is 1.07 bits per heavy atom. The summed E-state index contributed by atoms with van der Waals surface area (Å²) in [5.41, 5.74) is 2.38. The predicted octanol–water partition coefficient (Wildman–Crippen LogP) is 2.99. The lowest BCUT2D eigenvalue weighted by Gasteiger charge is -2.10. The van der Waals surface area contributed by atoms with Gasteiger partial charge in [-0.25, -0.2) is 4.79 Å². The van der Waals surface area contributed by atoms with Gasteiger partial charge in [0.1, 0.15) is 5.75 Å². The minimum Gasteiger partial charge on any atom is -0.496 e. The first-order valence-electron chi connectivity index (χ1n) is 9.42. The average molecular weight is 415 g/mol. The molecule has 1 N–H and O–H groups in total. The van der Waals surface area contributed by atoms with Crippen molar-refractivity contribution in [3.05, 3.63) is 51.8 Å². The van der Waals surface area contributed by atoms with E-state index >= 15 is 0 Å². The zero-order valence-electron chi connectivity index (χ0n) is 17.7. The molecule has 0 aliphatic rings. The van der Waals surface area contributed by atoms with Crippen molar-refractivity contribution in [3.8, 4) is 5.75 Å². The molecule has 0 bridgehead atoms. The third-order valence-electron chi connectivity index (χ3n) is 4.58. The molecule has 0 atom stereocenters. The normalized spacial score (nSPS) is 10.4. The van der Waals surface area contributed by atoms with Gasteiger partial charge in [-0.15, -0.1) is 0 Å².